The van der Waals surface area contributed by atoms with Gasteiger partial charge in [0.05, 0.1) is 6.10 Å². The molecule has 2 aliphatic rings. The van der Waals surface area contributed by atoms with Crippen molar-refractivity contribution in [2.45, 2.75) is 18.6 Å². The topological polar surface area (TPSA) is 98.2 Å². The molecule has 2 saturated heterocycles. The number of hydrogen-bond donors (Lipinski definition) is 2. The molecule has 2 aliphatic heterocycles. The predicted molar refractivity (Wildman–Crippen MR) is 63.6 cm³/mol. The number of nitrogens with zero attached hydrogens (tertiary/aromatic N) is 2. The summed E-state index contributed by atoms with van der Waals surface area (Å²) in [4.78, 5) is 25.9. The van der Waals surface area contributed by atoms with E-state index in [1.807, 2.05) is 0 Å². The number of carbonyl (C=O) groups is 2. The van der Waals surface area contributed by atoms with Gasteiger partial charge in [-0.1, -0.05) is 0 Å². The number of carboxylic acids is 1. The molecule has 0 saturated carbocycles. The summed E-state index contributed by atoms with van der Waals surface area (Å²) in [5.74, 6) is -0.236. The summed E-state index contributed by atoms with van der Waals surface area (Å²) < 4.78 is 11.2. The molecule has 7 nitrogen and oxygen atoms in total. The smallest absolute Gasteiger partial charge is 0.326 e. The van der Waals surface area contributed by atoms with Gasteiger partial charge in [0.25, 0.3) is 0 Å². The Morgan fingerprint density at radius 2 is 1.83 bits per heavy atom. The Morgan fingerprint density at radius 1 is 1.22 bits per heavy atom. The van der Waals surface area contributed by atoms with Gasteiger partial charge in [0.1, 0.15) is 6.04 Å². The number of likely N-dealkylation sites (tertiary alicyclic amines) is 1. The van der Waals surface area contributed by atoms with Crippen LogP contribution in [0.1, 0.15) is 6.42 Å². The Morgan fingerprint density at radius 3 is 2.39 bits per heavy atom. The maximum absolute atomic E-state index is 12.1. The number of rotatable bonds is 1. The SMILES string of the molecule is O=C(O)[C@H]1C[C@@H](O)CN1C(=O)N1CCS(=O)CC1. The van der Waals surface area contributed by atoms with Gasteiger partial charge in [-0.25, -0.2) is 9.59 Å². The first-order chi connectivity index (χ1) is 8.49. The van der Waals surface area contributed by atoms with E-state index >= 15 is 0 Å². The number of hydrogen-bond acceptors (Lipinski definition) is 4. The van der Waals surface area contributed by atoms with Crippen LogP contribution in [-0.2, 0) is 15.6 Å². The summed E-state index contributed by atoms with van der Waals surface area (Å²) in [6, 6.07) is -1.34. The first-order valence-electron chi connectivity index (χ1n) is 5.80. The van der Waals surface area contributed by atoms with Crippen LogP contribution in [0.25, 0.3) is 0 Å². The van der Waals surface area contributed by atoms with Crippen molar-refractivity contribution in [1.29, 1.82) is 0 Å². The molecule has 2 rings (SSSR count). The molecule has 2 amide bonds. The number of amides is 2. The third kappa shape index (κ3) is 2.64. The van der Waals surface area contributed by atoms with Crippen LogP contribution >= 0.6 is 0 Å². The van der Waals surface area contributed by atoms with Crippen molar-refractivity contribution in [2.75, 3.05) is 31.1 Å². The molecule has 0 bridgehead atoms. The maximum atomic E-state index is 12.1. The minimum atomic E-state index is -1.10. The van der Waals surface area contributed by atoms with E-state index in [-0.39, 0.29) is 19.0 Å². The lowest BCUT2D eigenvalue weighted by Crippen LogP contribution is -2.51. The van der Waals surface area contributed by atoms with E-state index in [9.17, 15) is 18.9 Å². The summed E-state index contributed by atoms with van der Waals surface area (Å²) in [7, 11) is -0.882. The van der Waals surface area contributed by atoms with Crippen LogP contribution in [-0.4, -0.2) is 79.5 Å². The van der Waals surface area contributed by atoms with Crippen LogP contribution in [0.3, 0.4) is 0 Å². The van der Waals surface area contributed by atoms with Gasteiger partial charge in [-0.05, 0) is 0 Å². The summed E-state index contributed by atoms with van der Waals surface area (Å²) in [6.45, 7) is 0.810. The van der Waals surface area contributed by atoms with E-state index in [1.54, 1.807) is 0 Å². The predicted octanol–water partition coefficient (Wildman–Crippen LogP) is -1.31. The lowest BCUT2D eigenvalue weighted by Gasteiger charge is -2.32. The summed E-state index contributed by atoms with van der Waals surface area (Å²) >= 11 is 0. The van der Waals surface area contributed by atoms with Gasteiger partial charge in [-0.3, -0.25) is 4.21 Å². The second-order valence-electron chi connectivity index (χ2n) is 4.51. The van der Waals surface area contributed by atoms with E-state index < -0.39 is 28.9 Å². The molecule has 2 fully saturated rings. The van der Waals surface area contributed by atoms with Gasteiger partial charge in [0, 0.05) is 48.4 Å². The number of aliphatic hydroxyl groups excluding tert-OH is 1. The minimum Gasteiger partial charge on any atom is -0.480 e. The van der Waals surface area contributed by atoms with Gasteiger partial charge in [-0.2, -0.15) is 0 Å². The number of carboxylic acid groups (broad SMARTS) is 1. The molecule has 0 radical (unpaired) electrons. The molecule has 2 atom stereocenters. The van der Waals surface area contributed by atoms with Gasteiger partial charge >= 0.3 is 12.0 Å². The van der Waals surface area contributed by atoms with Crippen LogP contribution in [0.2, 0.25) is 0 Å². The zero-order chi connectivity index (χ0) is 13.3. The maximum Gasteiger partial charge on any atom is 0.326 e. The zero-order valence-electron chi connectivity index (χ0n) is 9.82. The molecule has 0 unspecified atom stereocenters. The first kappa shape index (κ1) is 13.3. The number of carbonyl (C=O) groups excluding carboxylic acids is 1. The van der Waals surface area contributed by atoms with E-state index in [0.717, 1.165) is 0 Å². The monoisotopic (exact) mass is 276 g/mol. The molecule has 2 heterocycles. The second kappa shape index (κ2) is 5.23. The fourth-order valence-electron chi connectivity index (χ4n) is 2.27. The molecule has 18 heavy (non-hydrogen) atoms. The molecular weight excluding hydrogens is 260 g/mol. The van der Waals surface area contributed by atoms with Crippen LogP contribution in [0.15, 0.2) is 0 Å². The fraction of sp³-hybridized carbons (Fsp3) is 0.800. The Bertz CT molecular complexity index is 378. The number of aliphatic carboxylic acids is 1. The molecular formula is C10H16N2O5S. The Hall–Kier alpha value is -1.15. The minimum absolute atomic E-state index is 0.0510. The van der Waals surface area contributed by atoms with Crippen molar-refractivity contribution in [3.63, 3.8) is 0 Å². The van der Waals surface area contributed by atoms with Crippen molar-refractivity contribution in [1.82, 2.24) is 9.80 Å². The van der Waals surface area contributed by atoms with E-state index in [4.69, 9.17) is 5.11 Å². The highest BCUT2D eigenvalue weighted by Crippen LogP contribution is 2.20. The van der Waals surface area contributed by atoms with Gasteiger partial charge < -0.3 is 20.0 Å². The Balaban J connectivity index is 2.03. The molecule has 102 valence electrons. The fourth-order valence-corrected chi connectivity index (χ4v) is 3.32. The van der Waals surface area contributed by atoms with Crippen molar-refractivity contribution in [2.24, 2.45) is 0 Å². The van der Waals surface area contributed by atoms with Crippen molar-refractivity contribution in [3.05, 3.63) is 0 Å². The Kier molecular flexibility index (Phi) is 3.86. The molecule has 2 N–H and O–H groups in total. The highest BCUT2D eigenvalue weighted by atomic mass is 32.2. The average Bonchev–Trinajstić information content (AvgIpc) is 2.71. The van der Waals surface area contributed by atoms with Gasteiger partial charge in [0.2, 0.25) is 0 Å². The lowest BCUT2D eigenvalue weighted by atomic mass is 10.2. The van der Waals surface area contributed by atoms with Crippen molar-refractivity contribution < 1.29 is 24.0 Å². The van der Waals surface area contributed by atoms with E-state index in [1.165, 1.54) is 9.80 Å². The highest BCUT2D eigenvalue weighted by molar-refractivity contribution is 7.85. The van der Waals surface area contributed by atoms with Crippen LogP contribution in [0, 0.1) is 0 Å². The molecule has 0 spiro atoms. The highest BCUT2D eigenvalue weighted by Gasteiger charge is 2.40. The van der Waals surface area contributed by atoms with E-state index in [2.05, 4.69) is 0 Å². The van der Waals surface area contributed by atoms with Crippen LogP contribution in [0.4, 0.5) is 4.79 Å². The molecule has 0 aromatic carbocycles. The van der Waals surface area contributed by atoms with E-state index in [0.29, 0.717) is 24.6 Å². The summed E-state index contributed by atoms with van der Waals surface area (Å²) in [5, 5.41) is 18.5. The van der Waals surface area contributed by atoms with Gasteiger partial charge in [-0.15, -0.1) is 0 Å². The third-order valence-corrected chi connectivity index (χ3v) is 4.53. The quantitative estimate of drug-likeness (QED) is 0.619. The number of β-amino-alcohol motifs (C(OH)–C–C–N with tert-alkyl or cyclic N) is 1. The Labute approximate surface area is 107 Å². The zero-order valence-corrected chi connectivity index (χ0v) is 10.6. The first-order valence-corrected chi connectivity index (χ1v) is 7.29. The number of aliphatic hydroxyl groups is 1. The van der Waals surface area contributed by atoms with Gasteiger partial charge in [0.15, 0.2) is 0 Å². The number of urea groups is 1. The molecule has 0 aliphatic carbocycles. The molecule has 8 heteroatoms. The van der Waals surface area contributed by atoms with Crippen LogP contribution in [0.5, 0.6) is 0 Å². The summed E-state index contributed by atoms with van der Waals surface area (Å²) in [6.07, 6.45) is -0.713. The summed E-state index contributed by atoms with van der Waals surface area (Å²) in [5.41, 5.74) is 0. The van der Waals surface area contributed by atoms with Crippen molar-refractivity contribution in [3.8, 4) is 0 Å². The average molecular weight is 276 g/mol. The normalized spacial score (nSPS) is 29.6. The second-order valence-corrected chi connectivity index (χ2v) is 6.21. The lowest BCUT2D eigenvalue weighted by molar-refractivity contribution is -0.141. The third-order valence-electron chi connectivity index (χ3n) is 3.26. The molecule has 0 aromatic rings. The standard InChI is InChI=1S/C10H16N2O5S/c13-7-5-8(9(14)15)12(6-7)10(16)11-1-3-18(17)4-2-11/h7-8,13H,1-6H2,(H,14,15)/t7-,8-/m1/s1. The molecule has 0 aromatic heterocycles. The largest absolute Gasteiger partial charge is 0.480 e. The van der Waals surface area contributed by atoms with Crippen LogP contribution < -0.4 is 0 Å². The van der Waals surface area contributed by atoms with Crippen molar-refractivity contribution >= 4 is 22.8 Å².